The Kier molecular flexibility index (Phi) is 5.64. The summed E-state index contributed by atoms with van der Waals surface area (Å²) >= 11 is 0. The smallest absolute Gasteiger partial charge is 0.230 e. The van der Waals surface area contributed by atoms with Crippen LogP contribution in [0.2, 0.25) is 0 Å². The first kappa shape index (κ1) is 18.8. The summed E-state index contributed by atoms with van der Waals surface area (Å²) in [5, 5.41) is 2.87. The number of hydrogen-bond acceptors (Lipinski definition) is 4. The van der Waals surface area contributed by atoms with Crippen molar-refractivity contribution in [3.05, 3.63) is 48.5 Å². The molecule has 1 saturated carbocycles. The average Bonchev–Trinajstić information content (AvgIpc) is 3.50. The number of benzene rings is 2. The number of para-hydroxylation sites is 1. The molecule has 0 aliphatic heterocycles. The lowest BCUT2D eigenvalue weighted by Crippen LogP contribution is -2.33. The van der Waals surface area contributed by atoms with E-state index in [0.717, 1.165) is 5.69 Å². The lowest BCUT2D eigenvalue weighted by molar-refractivity contribution is -0.123. The number of nitrogens with one attached hydrogen (secondary N) is 1. The highest BCUT2D eigenvalue weighted by molar-refractivity contribution is 6.04. The molecule has 1 fully saturated rings. The Morgan fingerprint density at radius 2 is 1.74 bits per heavy atom. The zero-order valence-electron chi connectivity index (χ0n) is 15.8. The van der Waals surface area contributed by atoms with Gasteiger partial charge in [-0.15, -0.1) is 0 Å². The fourth-order valence-corrected chi connectivity index (χ4v) is 3.18. The third kappa shape index (κ3) is 4.05. The van der Waals surface area contributed by atoms with E-state index >= 15 is 0 Å². The van der Waals surface area contributed by atoms with E-state index in [2.05, 4.69) is 5.32 Å². The molecule has 1 N–H and O–H groups in total. The SMILES string of the molecule is CCN(C(=O)C1CC1C(=O)Nc1ccc(OC)c(OC)c1)c1ccccc1. The minimum atomic E-state index is -0.302. The molecule has 2 unspecified atom stereocenters. The van der Waals surface area contributed by atoms with Gasteiger partial charge in [-0.2, -0.15) is 0 Å². The summed E-state index contributed by atoms with van der Waals surface area (Å²) in [6.07, 6.45) is 0.571. The summed E-state index contributed by atoms with van der Waals surface area (Å²) in [6.45, 7) is 2.51. The highest BCUT2D eigenvalue weighted by Gasteiger charge is 2.49. The second-order valence-corrected chi connectivity index (χ2v) is 6.43. The number of amides is 2. The number of hydrogen-bond donors (Lipinski definition) is 1. The molecule has 142 valence electrons. The Hall–Kier alpha value is -3.02. The molecule has 2 aromatic rings. The predicted molar refractivity (Wildman–Crippen MR) is 104 cm³/mol. The number of rotatable bonds is 7. The van der Waals surface area contributed by atoms with Crippen molar-refractivity contribution in [2.75, 3.05) is 31.0 Å². The second kappa shape index (κ2) is 8.12. The number of anilines is 2. The number of nitrogens with zero attached hydrogens (tertiary/aromatic N) is 1. The number of ether oxygens (including phenoxy) is 2. The number of carbonyl (C=O) groups excluding carboxylic acids is 2. The van der Waals surface area contributed by atoms with Crippen LogP contribution in [0.1, 0.15) is 13.3 Å². The van der Waals surface area contributed by atoms with Gasteiger partial charge in [0.1, 0.15) is 0 Å². The summed E-state index contributed by atoms with van der Waals surface area (Å²) in [5.74, 6) is 0.408. The van der Waals surface area contributed by atoms with Crippen LogP contribution in [0.5, 0.6) is 11.5 Å². The van der Waals surface area contributed by atoms with E-state index in [4.69, 9.17) is 9.47 Å². The summed E-state index contributed by atoms with van der Waals surface area (Å²) in [6, 6.07) is 14.7. The predicted octanol–water partition coefficient (Wildman–Crippen LogP) is 3.33. The van der Waals surface area contributed by atoms with Gasteiger partial charge >= 0.3 is 0 Å². The van der Waals surface area contributed by atoms with Gasteiger partial charge in [-0.25, -0.2) is 0 Å². The standard InChI is InChI=1S/C21H24N2O4/c1-4-23(15-8-6-5-7-9-15)21(25)17-13-16(17)20(24)22-14-10-11-18(26-2)19(12-14)27-3/h5-12,16-17H,4,13H2,1-3H3,(H,22,24). The van der Waals surface area contributed by atoms with E-state index < -0.39 is 0 Å². The molecular formula is C21H24N2O4. The van der Waals surface area contributed by atoms with E-state index in [0.29, 0.717) is 30.2 Å². The molecule has 0 saturated heterocycles. The molecule has 0 aromatic heterocycles. The van der Waals surface area contributed by atoms with E-state index in [1.165, 1.54) is 0 Å². The van der Waals surface area contributed by atoms with E-state index in [-0.39, 0.29) is 23.7 Å². The van der Waals surface area contributed by atoms with Crippen molar-refractivity contribution in [2.45, 2.75) is 13.3 Å². The van der Waals surface area contributed by atoms with Crippen molar-refractivity contribution >= 4 is 23.2 Å². The Bertz CT molecular complexity index is 822. The molecule has 27 heavy (non-hydrogen) atoms. The van der Waals surface area contributed by atoms with Crippen molar-refractivity contribution in [1.82, 2.24) is 0 Å². The Labute approximate surface area is 159 Å². The first-order valence-corrected chi connectivity index (χ1v) is 8.98. The van der Waals surface area contributed by atoms with Gasteiger partial charge in [-0.3, -0.25) is 9.59 Å². The lowest BCUT2D eigenvalue weighted by atomic mass is 10.2. The van der Waals surface area contributed by atoms with E-state index in [9.17, 15) is 9.59 Å². The van der Waals surface area contributed by atoms with Gasteiger partial charge < -0.3 is 19.7 Å². The van der Waals surface area contributed by atoms with Crippen LogP contribution in [0.25, 0.3) is 0 Å². The van der Waals surface area contributed by atoms with Crippen molar-refractivity contribution in [3.63, 3.8) is 0 Å². The Morgan fingerprint density at radius 1 is 1.04 bits per heavy atom. The molecule has 1 aliphatic rings. The number of carbonyl (C=O) groups is 2. The molecule has 1 aliphatic carbocycles. The zero-order valence-corrected chi connectivity index (χ0v) is 15.8. The van der Waals surface area contributed by atoms with E-state index in [1.807, 2.05) is 37.3 Å². The first-order valence-electron chi connectivity index (χ1n) is 8.98. The topological polar surface area (TPSA) is 67.9 Å². The van der Waals surface area contributed by atoms with Crippen LogP contribution in [-0.4, -0.2) is 32.6 Å². The van der Waals surface area contributed by atoms with Gasteiger partial charge in [0.25, 0.3) is 0 Å². The quantitative estimate of drug-likeness (QED) is 0.814. The molecule has 2 atom stereocenters. The molecule has 0 bridgehead atoms. The fourth-order valence-electron chi connectivity index (χ4n) is 3.18. The molecule has 0 heterocycles. The lowest BCUT2D eigenvalue weighted by Gasteiger charge is -2.21. The normalized spacial score (nSPS) is 17.7. The monoisotopic (exact) mass is 368 g/mol. The van der Waals surface area contributed by atoms with Gasteiger partial charge in [0.05, 0.1) is 26.1 Å². The van der Waals surface area contributed by atoms with Crippen LogP contribution in [0, 0.1) is 11.8 Å². The van der Waals surface area contributed by atoms with Crippen LogP contribution < -0.4 is 19.7 Å². The van der Waals surface area contributed by atoms with Crippen LogP contribution >= 0.6 is 0 Å². The maximum absolute atomic E-state index is 12.8. The second-order valence-electron chi connectivity index (χ2n) is 6.43. The van der Waals surface area contributed by atoms with Gasteiger partial charge in [-0.05, 0) is 37.6 Å². The fraction of sp³-hybridized carbons (Fsp3) is 0.333. The van der Waals surface area contributed by atoms with Crippen LogP contribution in [0.3, 0.4) is 0 Å². The third-order valence-electron chi connectivity index (χ3n) is 4.75. The van der Waals surface area contributed by atoms with Crippen LogP contribution in [-0.2, 0) is 9.59 Å². The maximum atomic E-state index is 12.8. The Balaban J connectivity index is 1.64. The first-order chi connectivity index (χ1) is 13.1. The van der Waals surface area contributed by atoms with Crippen molar-refractivity contribution in [2.24, 2.45) is 11.8 Å². The summed E-state index contributed by atoms with van der Waals surface area (Å²) in [4.78, 5) is 27.1. The van der Waals surface area contributed by atoms with Crippen LogP contribution in [0.4, 0.5) is 11.4 Å². The average molecular weight is 368 g/mol. The van der Waals surface area contributed by atoms with Crippen molar-refractivity contribution in [1.29, 1.82) is 0 Å². The van der Waals surface area contributed by atoms with Crippen LogP contribution in [0.15, 0.2) is 48.5 Å². The van der Waals surface area contributed by atoms with E-state index in [1.54, 1.807) is 37.3 Å². The van der Waals surface area contributed by atoms with Gasteiger partial charge in [-0.1, -0.05) is 18.2 Å². The third-order valence-corrected chi connectivity index (χ3v) is 4.75. The van der Waals surface area contributed by atoms with Gasteiger partial charge in [0.15, 0.2) is 11.5 Å². The molecule has 6 nitrogen and oxygen atoms in total. The molecule has 2 aromatic carbocycles. The number of methoxy groups -OCH3 is 2. The molecule has 3 rings (SSSR count). The summed E-state index contributed by atoms with van der Waals surface area (Å²) in [5.41, 5.74) is 1.47. The summed E-state index contributed by atoms with van der Waals surface area (Å²) in [7, 11) is 3.10. The molecular weight excluding hydrogens is 344 g/mol. The van der Waals surface area contributed by atoms with Gasteiger partial charge in [0, 0.05) is 24.0 Å². The molecule has 2 amide bonds. The summed E-state index contributed by atoms with van der Waals surface area (Å²) < 4.78 is 10.4. The highest BCUT2D eigenvalue weighted by atomic mass is 16.5. The maximum Gasteiger partial charge on any atom is 0.230 e. The minimum absolute atomic E-state index is 0.00355. The highest BCUT2D eigenvalue weighted by Crippen LogP contribution is 2.42. The largest absolute Gasteiger partial charge is 0.493 e. The molecule has 0 spiro atoms. The van der Waals surface area contributed by atoms with Crippen molar-refractivity contribution in [3.8, 4) is 11.5 Å². The molecule has 6 heteroatoms. The zero-order chi connectivity index (χ0) is 19.4. The molecule has 0 radical (unpaired) electrons. The minimum Gasteiger partial charge on any atom is -0.493 e. The Morgan fingerprint density at radius 3 is 2.37 bits per heavy atom. The van der Waals surface area contributed by atoms with Crippen molar-refractivity contribution < 1.29 is 19.1 Å². The van der Waals surface area contributed by atoms with Gasteiger partial charge in [0.2, 0.25) is 11.8 Å².